The summed E-state index contributed by atoms with van der Waals surface area (Å²) in [5.41, 5.74) is 4.57. The van der Waals surface area contributed by atoms with Crippen LogP contribution >= 0.6 is 0 Å². The Morgan fingerprint density at radius 1 is 1.44 bits per heavy atom. The molecule has 16 heavy (non-hydrogen) atoms. The number of nitro groups is 1. The maximum absolute atomic E-state index is 10.3. The Morgan fingerprint density at radius 3 is 2.25 bits per heavy atom. The number of nitrogens with zero attached hydrogens (tertiary/aromatic N) is 1. The van der Waals surface area contributed by atoms with Gasteiger partial charge in [-0.1, -0.05) is 0 Å². The van der Waals surface area contributed by atoms with Crippen molar-refractivity contribution in [3.05, 3.63) is 33.9 Å². The number of anilines is 1. The monoisotopic (exact) mass is 227 g/mol. The van der Waals surface area contributed by atoms with Gasteiger partial charge < -0.3 is 21.0 Å². The van der Waals surface area contributed by atoms with Gasteiger partial charge in [-0.05, 0) is 6.07 Å². The van der Waals surface area contributed by atoms with E-state index in [0.717, 1.165) is 18.2 Å². The summed E-state index contributed by atoms with van der Waals surface area (Å²) < 4.78 is 0. The first kappa shape index (κ1) is 13.8. The Balaban J connectivity index is 0.000000673. The molecule has 88 valence electrons. The van der Waals surface area contributed by atoms with E-state index < -0.39 is 10.9 Å². The van der Waals surface area contributed by atoms with E-state index >= 15 is 0 Å². The van der Waals surface area contributed by atoms with Crippen LogP contribution in [-0.4, -0.2) is 25.0 Å². The highest BCUT2D eigenvalue weighted by molar-refractivity contribution is 5.92. The van der Waals surface area contributed by atoms with Crippen molar-refractivity contribution in [3.63, 3.8) is 0 Å². The van der Waals surface area contributed by atoms with Crippen molar-refractivity contribution in [2.45, 2.75) is 0 Å². The van der Waals surface area contributed by atoms with Crippen molar-refractivity contribution in [1.29, 1.82) is 0 Å². The molecule has 7 nitrogen and oxygen atoms in total. The lowest BCUT2D eigenvalue weighted by Gasteiger charge is -2.04. The van der Waals surface area contributed by atoms with E-state index in [1.165, 1.54) is 0 Å². The topological polar surface area (TPSA) is 126 Å². The highest BCUT2D eigenvalue weighted by atomic mass is 16.6. The minimum Gasteiger partial charge on any atom is -0.545 e. The molecule has 4 N–H and O–H groups in total. The van der Waals surface area contributed by atoms with Crippen LogP contribution in [0.25, 0.3) is 0 Å². The molecule has 0 aliphatic heterocycles. The smallest absolute Gasteiger partial charge is 0.271 e. The van der Waals surface area contributed by atoms with Gasteiger partial charge in [0, 0.05) is 23.4 Å². The van der Waals surface area contributed by atoms with E-state index in [0.29, 0.717) is 0 Å². The fraction of sp³-hybridized carbons (Fsp3) is 0.222. The van der Waals surface area contributed by atoms with Crippen LogP contribution in [0.2, 0.25) is 0 Å². The predicted octanol–water partition coefficient (Wildman–Crippen LogP) is -1.65. The first-order valence-corrected chi connectivity index (χ1v) is 4.43. The second kappa shape index (κ2) is 6.36. The van der Waals surface area contributed by atoms with Crippen LogP contribution in [-0.2, 0) is 0 Å². The Hall–Kier alpha value is -2.15. The molecule has 0 saturated heterocycles. The van der Waals surface area contributed by atoms with Crippen molar-refractivity contribution >= 4 is 17.3 Å². The largest absolute Gasteiger partial charge is 0.545 e. The summed E-state index contributed by atoms with van der Waals surface area (Å²) in [5.74, 6) is -1.45. The maximum atomic E-state index is 10.3. The number of carbonyl (C=O) groups is 1. The minimum absolute atomic E-state index is 0.172. The van der Waals surface area contributed by atoms with Crippen molar-refractivity contribution in [2.75, 3.05) is 19.8 Å². The molecule has 0 unspecified atom stereocenters. The van der Waals surface area contributed by atoms with E-state index in [2.05, 4.69) is 0 Å². The van der Waals surface area contributed by atoms with E-state index in [4.69, 9.17) is 5.73 Å². The number of benzene rings is 1. The molecule has 1 rings (SSSR count). The summed E-state index contributed by atoms with van der Waals surface area (Å²) >= 11 is 0. The number of nitro benzene ring substituents is 1. The highest BCUT2D eigenvalue weighted by Gasteiger charge is 2.08. The summed E-state index contributed by atoms with van der Waals surface area (Å²) in [6.45, 7) is 0. The lowest BCUT2D eigenvalue weighted by atomic mass is 10.1. The third kappa shape index (κ3) is 3.93. The number of non-ortho nitro benzene ring substituents is 1. The average Bonchev–Trinajstić information content (AvgIpc) is 2.17. The number of quaternary nitrogens is 1. The lowest BCUT2D eigenvalue weighted by Crippen LogP contribution is -2.74. The number of carboxylic acid groups (broad SMARTS) is 1. The molecule has 0 amide bonds. The van der Waals surface area contributed by atoms with Gasteiger partial charge in [0.2, 0.25) is 0 Å². The highest BCUT2D eigenvalue weighted by Crippen LogP contribution is 2.18. The molecule has 0 atom stereocenters. The fourth-order valence-corrected chi connectivity index (χ4v) is 0.850. The van der Waals surface area contributed by atoms with E-state index in [1.54, 1.807) is 0 Å². The molecule has 0 spiro atoms. The zero-order valence-corrected chi connectivity index (χ0v) is 8.97. The first-order valence-electron chi connectivity index (χ1n) is 4.43. The number of carbonyl (C=O) groups excluding carboxylic acids is 1. The molecule has 1 aromatic rings. The third-order valence-corrected chi connectivity index (χ3v) is 1.47. The van der Waals surface area contributed by atoms with Gasteiger partial charge >= 0.3 is 0 Å². The third-order valence-electron chi connectivity index (χ3n) is 1.47. The minimum atomic E-state index is -1.45. The number of nitrogen functional groups attached to an aromatic ring is 1. The van der Waals surface area contributed by atoms with Crippen LogP contribution in [0.15, 0.2) is 18.2 Å². The van der Waals surface area contributed by atoms with Gasteiger partial charge in [0.05, 0.1) is 25.0 Å². The van der Waals surface area contributed by atoms with Gasteiger partial charge in [-0.25, -0.2) is 0 Å². The quantitative estimate of drug-likeness (QED) is 0.355. The number of aromatic carboxylic acids is 1. The molecule has 1 aromatic carbocycles. The number of rotatable bonds is 2. The predicted molar refractivity (Wildman–Crippen MR) is 55.6 cm³/mol. The number of hydrogen-bond acceptors (Lipinski definition) is 5. The summed E-state index contributed by atoms with van der Waals surface area (Å²) in [5, 5.41) is 22.6. The Labute approximate surface area is 92.0 Å². The van der Waals surface area contributed by atoms with Crippen molar-refractivity contribution in [3.8, 4) is 0 Å². The van der Waals surface area contributed by atoms with Gasteiger partial charge in [-0.3, -0.25) is 10.1 Å². The molecule has 0 aromatic heterocycles. The molecule has 0 aliphatic rings. The zero-order valence-electron chi connectivity index (χ0n) is 8.97. The molecule has 0 aliphatic carbocycles. The summed E-state index contributed by atoms with van der Waals surface area (Å²) in [6.07, 6.45) is 0. The van der Waals surface area contributed by atoms with Crippen LogP contribution in [0.1, 0.15) is 10.4 Å². The molecule has 7 heteroatoms. The second-order valence-electron chi connectivity index (χ2n) is 2.89. The van der Waals surface area contributed by atoms with Gasteiger partial charge in [0.1, 0.15) is 0 Å². The van der Waals surface area contributed by atoms with Gasteiger partial charge in [-0.2, -0.15) is 0 Å². The summed E-state index contributed by atoms with van der Waals surface area (Å²) in [4.78, 5) is 19.9. The van der Waals surface area contributed by atoms with E-state index in [9.17, 15) is 20.0 Å². The molecule has 0 radical (unpaired) electrons. The number of hydrogen-bond donors (Lipinski definition) is 2. The van der Waals surface area contributed by atoms with Gasteiger partial charge in [-0.15, -0.1) is 0 Å². The standard InChI is InChI=1S/C7H6N2O4.C2H7N/c8-6-3-4(9(12)13)1-2-5(6)7(10)11;1-3-2/h1-3H,8H2,(H,10,11);3H,1-2H3. The van der Waals surface area contributed by atoms with Crippen LogP contribution in [0.4, 0.5) is 11.4 Å². The van der Waals surface area contributed by atoms with E-state index in [-0.39, 0.29) is 16.9 Å². The van der Waals surface area contributed by atoms with Crippen LogP contribution in [0, 0.1) is 10.1 Å². The zero-order chi connectivity index (χ0) is 12.7. The van der Waals surface area contributed by atoms with Crippen molar-refractivity contribution in [2.24, 2.45) is 0 Å². The van der Waals surface area contributed by atoms with Crippen molar-refractivity contribution in [1.82, 2.24) is 0 Å². The Morgan fingerprint density at radius 2 is 1.94 bits per heavy atom. The average molecular weight is 227 g/mol. The normalized spacial score (nSPS) is 8.88. The fourth-order valence-electron chi connectivity index (χ4n) is 0.850. The number of nitrogens with two attached hydrogens (primary N) is 2. The summed E-state index contributed by atoms with van der Waals surface area (Å²) in [6, 6.07) is 3.08. The van der Waals surface area contributed by atoms with Crippen LogP contribution in [0.3, 0.4) is 0 Å². The Bertz CT molecular complexity index is 392. The van der Waals surface area contributed by atoms with Crippen molar-refractivity contribution < 1.29 is 20.1 Å². The molecular formula is C9H13N3O4. The van der Waals surface area contributed by atoms with E-state index in [1.807, 2.05) is 19.4 Å². The van der Waals surface area contributed by atoms with Crippen LogP contribution in [0.5, 0.6) is 0 Å². The van der Waals surface area contributed by atoms with Gasteiger partial charge in [0.15, 0.2) is 0 Å². The lowest BCUT2D eigenvalue weighted by molar-refractivity contribution is -0.597. The molecular weight excluding hydrogens is 214 g/mol. The second-order valence-corrected chi connectivity index (χ2v) is 2.89. The Kier molecular flexibility index (Phi) is 5.50. The molecule has 0 heterocycles. The first-order chi connectivity index (χ1) is 7.43. The SMILES string of the molecule is C[NH2+]C.Nc1cc([N+](=O)[O-])ccc1C(=O)[O-]. The molecule has 0 fully saturated rings. The van der Waals surface area contributed by atoms with Gasteiger partial charge in [0.25, 0.3) is 5.69 Å². The maximum Gasteiger partial charge on any atom is 0.271 e. The molecule has 0 saturated carbocycles. The number of carboxylic acids is 1. The van der Waals surface area contributed by atoms with Crippen LogP contribution < -0.4 is 16.2 Å². The summed E-state index contributed by atoms with van der Waals surface area (Å²) in [7, 11) is 4.00. The molecule has 0 bridgehead atoms.